The van der Waals surface area contributed by atoms with Gasteiger partial charge in [0.15, 0.2) is 0 Å². The first-order valence-electron chi connectivity index (χ1n) is 8.39. The molecule has 2 amide bonds. The zero-order valence-corrected chi connectivity index (χ0v) is 13.7. The first kappa shape index (κ1) is 16.5. The molecule has 0 aliphatic heterocycles. The highest BCUT2D eigenvalue weighted by atomic mass is 16.4. The molecule has 6 nitrogen and oxygen atoms in total. The van der Waals surface area contributed by atoms with Crippen LogP contribution in [0.2, 0.25) is 0 Å². The van der Waals surface area contributed by atoms with Crippen LogP contribution in [0, 0.1) is 18.8 Å². The van der Waals surface area contributed by atoms with E-state index in [0.717, 1.165) is 18.4 Å². The average molecular weight is 330 g/mol. The van der Waals surface area contributed by atoms with Crippen LogP contribution in [-0.2, 0) is 9.59 Å². The number of nitrogens with one attached hydrogen (secondary N) is 2. The maximum absolute atomic E-state index is 12.4. The Morgan fingerprint density at radius 2 is 1.79 bits per heavy atom. The van der Waals surface area contributed by atoms with Crippen LogP contribution in [-0.4, -0.2) is 28.9 Å². The van der Waals surface area contributed by atoms with Gasteiger partial charge in [-0.1, -0.05) is 6.07 Å². The van der Waals surface area contributed by atoms with Gasteiger partial charge in [0.05, 0.1) is 5.92 Å². The van der Waals surface area contributed by atoms with Gasteiger partial charge in [-0.25, -0.2) is 0 Å². The Labute approximate surface area is 140 Å². The fourth-order valence-electron chi connectivity index (χ4n) is 3.07. The monoisotopic (exact) mass is 330 g/mol. The number of aliphatic carboxylic acids is 1. The highest BCUT2D eigenvalue weighted by Crippen LogP contribution is 2.32. The molecule has 0 bridgehead atoms. The van der Waals surface area contributed by atoms with Crippen LogP contribution in [0.5, 0.6) is 0 Å². The molecular weight excluding hydrogens is 308 g/mol. The van der Waals surface area contributed by atoms with E-state index in [2.05, 4.69) is 10.6 Å². The van der Waals surface area contributed by atoms with Gasteiger partial charge in [-0.05, 0) is 56.7 Å². The number of carboxylic acids is 1. The van der Waals surface area contributed by atoms with E-state index in [9.17, 15) is 14.4 Å². The van der Waals surface area contributed by atoms with Gasteiger partial charge in [-0.2, -0.15) is 0 Å². The summed E-state index contributed by atoms with van der Waals surface area (Å²) in [4.78, 5) is 35.5. The lowest BCUT2D eigenvalue weighted by Crippen LogP contribution is -2.26. The summed E-state index contributed by atoms with van der Waals surface area (Å²) in [6.07, 6.45) is 3.54. The van der Waals surface area contributed by atoms with E-state index >= 15 is 0 Å². The van der Waals surface area contributed by atoms with Crippen molar-refractivity contribution in [2.75, 3.05) is 5.32 Å². The molecule has 2 fully saturated rings. The maximum Gasteiger partial charge on any atom is 0.306 e. The van der Waals surface area contributed by atoms with Crippen LogP contribution in [0.25, 0.3) is 0 Å². The van der Waals surface area contributed by atoms with Gasteiger partial charge in [0.25, 0.3) is 5.91 Å². The van der Waals surface area contributed by atoms with Crippen LogP contribution < -0.4 is 10.6 Å². The maximum atomic E-state index is 12.4. The summed E-state index contributed by atoms with van der Waals surface area (Å²) in [5.74, 6) is -1.84. The molecule has 0 spiro atoms. The predicted octanol–water partition coefficient (Wildman–Crippen LogP) is 2.33. The second-order valence-corrected chi connectivity index (χ2v) is 6.81. The van der Waals surface area contributed by atoms with Crippen LogP contribution in [0.15, 0.2) is 18.2 Å². The molecule has 24 heavy (non-hydrogen) atoms. The van der Waals surface area contributed by atoms with Crippen molar-refractivity contribution in [1.82, 2.24) is 5.32 Å². The molecule has 2 saturated carbocycles. The first-order valence-corrected chi connectivity index (χ1v) is 8.39. The Bertz CT molecular complexity index is 682. The highest BCUT2D eigenvalue weighted by molar-refractivity contribution is 5.98. The number of anilines is 1. The van der Waals surface area contributed by atoms with E-state index in [0.29, 0.717) is 30.5 Å². The summed E-state index contributed by atoms with van der Waals surface area (Å²) in [5, 5.41) is 14.8. The molecule has 1 aromatic carbocycles. The van der Waals surface area contributed by atoms with E-state index < -0.39 is 11.9 Å². The SMILES string of the molecule is Cc1ccc(C(=O)NC2CC2)cc1NC(=O)[C@@H]1CC[C@H](C(=O)O)C1. The molecule has 1 aromatic rings. The number of hydrogen-bond acceptors (Lipinski definition) is 3. The summed E-state index contributed by atoms with van der Waals surface area (Å²) in [7, 11) is 0. The van der Waals surface area contributed by atoms with Crippen LogP contribution in [0.4, 0.5) is 5.69 Å². The molecule has 0 unspecified atom stereocenters. The van der Waals surface area contributed by atoms with Crippen LogP contribution in [0.3, 0.4) is 0 Å². The first-order chi connectivity index (χ1) is 11.4. The number of carbonyl (C=O) groups excluding carboxylic acids is 2. The summed E-state index contributed by atoms with van der Waals surface area (Å²) >= 11 is 0. The molecular formula is C18H22N2O4. The molecule has 3 rings (SSSR count). The summed E-state index contributed by atoms with van der Waals surface area (Å²) < 4.78 is 0. The quantitative estimate of drug-likeness (QED) is 0.772. The van der Waals surface area contributed by atoms with Crippen molar-refractivity contribution in [1.29, 1.82) is 0 Å². The van der Waals surface area contributed by atoms with Crippen molar-refractivity contribution in [3.63, 3.8) is 0 Å². The number of rotatable bonds is 5. The second kappa shape index (κ2) is 6.63. The standard InChI is InChI=1S/C18H22N2O4/c1-10-2-3-12(16(21)19-14-6-7-14)9-15(10)20-17(22)11-4-5-13(8-11)18(23)24/h2-3,9,11,13-14H,4-8H2,1H3,(H,19,21)(H,20,22)(H,23,24)/t11-,13+/m1/s1. The molecule has 3 N–H and O–H groups in total. The van der Waals surface area contributed by atoms with Gasteiger partial charge in [-0.3, -0.25) is 14.4 Å². The minimum absolute atomic E-state index is 0.125. The average Bonchev–Trinajstić information content (AvgIpc) is 3.20. The molecule has 0 saturated heterocycles. The summed E-state index contributed by atoms with van der Waals surface area (Å²) in [5.41, 5.74) is 2.01. The highest BCUT2D eigenvalue weighted by Gasteiger charge is 2.34. The van der Waals surface area contributed by atoms with E-state index in [1.54, 1.807) is 12.1 Å². The van der Waals surface area contributed by atoms with Crippen molar-refractivity contribution in [3.05, 3.63) is 29.3 Å². The molecule has 2 aliphatic carbocycles. The van der Waals surface area contributed by atoms with Crippen molar-refractivity contribution in [3.8, 4) is 0 Å². The Hall–Kier alpha value is -2.37. The van der Waals surface area contributed by atoms with Gasteiger partial charge in [0, 0.05) is 23.2 Å². The number of benzene rings is 1. The zero-order valence-electron chi connectivity index (χ0n) is 13.7. The topological polar surface area (TPSA) is 95.5 Å². The van der Waals surface area contributed by atoms with Crippen LogP contribution in [0.1, 0.15) is 48.0 Å². The number of hydrogen-bond donors (Lipinski definition) is 3. The Kier molecular flexibility index (Phi) is 4.55. The molecule has 0 aromatic heterocycles. The van der Waals surface area contributed by atoms with Gasteiger partial charge in [-0.15, -0.1) is 0 Å². The van der Waals surface area contributed by atoms with Gasteiger partial charge < -0.3 is 15.7 Å². The molecule has 128 valence electrons. The molecule has 2 atom stereocenters. The zero-order chi connectivity index (χ0) is 17.3. The number of carboxylic acid groups (broad SMARTS) is 1. The van der Waals surface area contributed by atoms with E-state index in [4.69, 9.17) is 5.11 Å². The second-order valence-electron chi connectivity index (χ2n) is 6.81. The van der Waals surface area contributed by atoms with Crippen molar-refractivity contribution >= 4 is 23.5 Å². The lowest BCUT2D eigenvalue weighted by Gasteiger charge is -2.14. The fourth-order valence-corrected chi connectivity index (χ4v) is 3.07. The summed E-state index contributed by atoms with van der Waals surface area (Å²) in [6.45, 7) is 1.87. The van der Waals surface area contributed by atoms with E-state index in [-0.39, 0.29) is 23.8 Å². The predicted molar refractivity (Wildman–Crippen MR) is 88.8 cm³/mol. The smallest absolute Gasteiger partial charge is 0.306 e. The normalized spacial score (nSPS) is 22.9. The third-order valence-electron chi connectivity index (χ3n) is 4.82. The Morgan fingerprint density at radius 1 is 1.08 bits per heavy atom. The molecule has 2 aliphatic rings. The fraction of sp³-hybridized carbons (Fsp3) is 0.500. The van der Waals surface area contributed by atoms with Gasteiger partial charge in [0.1, 0.15) is 0 Å². The largest absolute Gasteiger partial charge is 0.481 e. The van der Waals surface area contributed by atoms with Crippen molar-refractivity contribution in [2.24, 2.45) is 11.8 Å². The number of aryl methyl sites for hydroxylation is 1. The lowest BCUT2D eigenvalue weighted by atomic mass is 10.0. The third-order valence-corrected chi connectivity index (χ3v) is 4.82. The minimum Gasteiger partial charge on any atom is -0.481 e. The van der Waals surface area contributed by atoms with Crippen LogP contribution >= 0.6 is 0 Å². The molecule has 6 heteroatoms. The number of amides is 2. The minimum atomic E-state index is -0.833. The van der Waals surface area contributed by atoms with Gasteiger partial charge >= 0.3 is 5.97 Å². The van der Waals surface area contributed by atoms with Crippen molar-refractivity contribution < 1.29 is 19.5 Å². The molecule has 0 radical (unpaired) electrons. The Morgan fingerprint density at radius 3 is 2.42 bits per heavy atom. The van der Waals surface area contributed by atoms with Crippen molar-refractivity contribution in [2.45, 2.75) is 45.1 Å². The van der Waals surface area contributed by atoms with E-state index in [1.165, 1.54) is 0 Å². The molecule has 0 heterocycles. The lowest BCUT2D eigenvalue weighted by molar-refractivity contribution is -0.141. The third kappa shape index (κ3) is 3.75. The summed E-state index contributed by atoms with van der Waals surface area (Å²) in [6, 6.07) is 5.53. The van der Waals surface area contributed by atoms with E-state index in [1.807, 2.05) is 13.0 Å². The number of carbonyl (C=O) groups is 3. The Balaban J connectivity index is 1.66. The van der Waals surface area contributed by atoms with Gasteiger partial charge in [0.2, 0.25) is 5.91 Å².